The molecule has 1 aliphatic carbocycles. The second-order valence-corrected chi connectivity index (χ2v) is 7.67. The Kier molecular flexibility index (Phi) is 4.59. The molecule has 0 radical (unpaired) electrons. The third-order valence-corrected chi connectivity index (χ3v) is 5.74. The van der Waals surface area contributed by atoms with Gasteiger partial charge in [-0.2, -0.15) is 0 Å². The van der Waals surface area contributed by atoms with Crippen LogP contribution < -0.4 is 0 Å². The number of amides is 1. The van der Waals surface area contributed by atoms with E-state index in [-0.39, 0.29) is 17.4 Å². The van der Waals surface area contributed by atoms with Gasteiger partial charge in [-0.05, 0) is 50.2 Å². The number of hydrogen-bond acceptors (Lipinski definition) is 3. The lowest BCUT2D eigenvalue weighted by atomic mass is 9.73. The average molecular weight is 329 g/mol. The van der Waals surface area contributed by atoms with E-state index < -0.39 is 0 Å². The molecule has 2 saturated heterocycles. The van der Waals surface area contributed by atoms with Crippen molar-refractivity contribution < 1.29 is 14.3 Å². The SMILES string of the molecule is O=C(c1ccccc1)N1CC[C@@H]2OCCC[C@@]2(COCC2CC2)C1. The van der Waals surface area contributed by atoms with Crippen molar-refractivity contribution in [1.29, 1.82) is 0 Å². The van der Waals surface area contributed by atoms with E-state index in [4.69, 9.17) is 9.47 Å². The average Bonchev–Trinajstić information content (AvgIpc) is 3.45. The molecule has 130 valence electrons. The molecule has 3 fully saturated rings. The maximum Gasteiger partial charge on any atom is 0.253 e. The van der Waals surface area contributed by atoms with E-state index >= 15 is 0 Å². The molecule has 0 spiro atoms. The molecule has 1 saturated carbocycles. The van der Waals surface area contributed by atoms with Gasteiger partial charge in [-0.3, -0.25) is 4.79 Å². The zero-order valence-corrected chi connectivity index (χ0v) is 14.3. The van der Waals surface area contributed by atoms with Gasteiger partial charge in [0.25, 0.3) is 5.91 Å². The van der Waals surface area contributed by atoms with Crippen molar-refractivity contribution in [1.82, 2.24) is 4.90 Å². The number of likely N-dealkylation sites (tertiary alicyclic amines) is 1. The highest BCUT2D eigenvalue weighted by Crippen LogP contribution is 2.41. The fraction of sp³-hybridized carbons (Fsp3) is 0.650. The first-order valence-corrected chi connectivity index (χ1v) is 9.30. The summed E-state index contributed by atoms with van der Waals surface area (Å²) in [7, 11) is 0. The number of piperidine rings is 1. The predicted molar refractivity (Wildman–Crippen MR) is 91.9 cm³/mol. The minimum absolute atomic E-state index is 0.0180. The molecule has 2 atom stereocenters. The van der Waals surface area contributed by atoms with Crippen molar-refractivity contribution in [3.8, 4) is 0 Å². The quantitative estimate of drug-likeness (QED) is 0.833. The van der Waals surface area contributed by atoms with Gasteiger partial charge in [0, 0.05) is 37.3 Å². The molecule has 1 aromatic rings. The Morgan fingerprint density at radius 1 is 1.25 bits per heavy atom. The molecular weight excluding hydrogens is 302 g/mol. The monoisotopic (exact) mass is 329 g/mol. The van der Waals surface area contributed by atoms with Crippen LogP contribution in [0.4, 0.5) is 0 Å². The van der Waals surface area contributed by atoms with Gasteiger partial charge in [0.1, 0.15) is 0 Å². The lowest BCUT2D eigenvalue weighted by Gasteiger charge is -2.50. The van der Waals surface area contributed by atoms with E-state index in [9.17, 15) is 4.79 Å². The van der Waals surface area contributed by atoms with Crippen LogP contribution in [0.3, 0.4) is 0 Å². The molecule has 2 aliphatic heterocycles. The lowest BCUT2D eigenvalue weighted by Crippen LogP contribution is -2.58. The zero-order chi connectivity index (χ0) is 16.4. The van der Waals surface area contributed by atoms with Crippen LogP contribution in [0.1, 0.15) is 42.5 Å². The van der Waals surface area contributed by atoms with Crippen LogP contribution in [0.15, 0.2) is 30.3 Å². The first-order chi connectivity index (χ1) is 11.8. The number of ether oxygens (including phenoxy) is 2. The number of rotatable bonds is 5. The first kappa shape index (κ1) is 16.1. The van der Waals surface area contributed by atoms with Crippen LogP contribution >= 0.6 is 0 Å². The molecule has 24 heavy (non-hydrogen) atoms. The van der Waals surface area contributed by atoms with Gasteiger partial charge < -0.3 is 14.4 Å². The van der Waals surface area contributed by atoms with Crippen molar-refractivity contribution in [2.75, 3.05) is 32.9 Å². The minimum Gasteiger partial charge on any atom is -0.380 e. The van der Waals surface area contributed by atoms with Crippen LogP contribution in [0.5, 0.6) is 0 Å². The molecular formula is C20H27NO3. The summed E-state index contributed by atoms with van der Waals surface area (Å²) in [5, 5.41) is 0. The molecule has 0 bridgehead atoms. The summed E-state index contributed by atoms with van der Waals surface area (Å²) in [6, 6.07) is 9.62. The summed E-state index contributed by atoms with van der Waals surface area (Å²) in [5.41, 5.74) is 0.761. The van der Waals surface area contributed by atoms with E-state index in [0.29, 0.717) is 0 Å². The smallest absolute Gasteiger partial charge is 0.253 e. The second-order valence-electron chi connectivity index (χ2n) is 7.67. The summed E-state index contributed by atoms with van der Waals surface area (Å²) in [5.74, 6) is 0.913. The Morgan fingerprint density at radius 3 is 2.88 bits per heavy atom. The number of nitrogens with zero attached hydrogens (tertiary/aromatic N) is 1. The Labute approximate surface area is 144 Å². The molecule has 0 aromatic heterocycles. The molecule has 0 unspecified atom stereocenters. The van der Waals surface area contributed by atoms with Gasteiger partial charge in [-0.1, -0.05) is 18.2 Å². The standard InChI is InChI=1S/C20H27NO3/c22-19(17-5-2-1-3-6-17)21-11-9-18-20(14-21,10-4-12-24-18)15-23-13-16-7-8-16/h1-3,5-6,16,18H,4,7-15H2/t18-,20-/m0/s1. The Hall–Kier alpha value is -1.39. The summed E-state index contributed by atoms with van der Waals surface area (Å²) in [6.07, 6.45) is 5.95. The number of carbonyl (C=O) groups is 1. The number of hydrogen-bond donors (Lipinski definition) is 0. The maximum absolute atomic E-state index is 12.9. The normalized spacial score (nSPS) is 30.0. The summed E-state index contributed by atoms with van der Waals surface area (Å²) in [6.45, 7) is 3.99. The van der Waals surface area contributed by atoms with Crippen LogP contribution in [0, 0.1) is 11.3 Å². The van der Waals surface area contributed by atoms with Gasteiger partial charge in [-0.25, -0.2) is 0 Å². The molecule has 4 heteroatoms. The predicted octanol–water partition coefficient (Wildman–Crippen LogP) is 3.12. The summed E-state index contributed by atoms with van der Waals surface area (Å²) < 4.78 is 12.1. The van der Waals surface area contributed by atoms with Gasteiger partial charge >= 0.3 is 0 Å². The summed E-state index contributed by atoms with van der Waals surface area (Å²) >= 11 is 0. The third-order valence-electron chi connectivity index (χ3n) is 5.74. The molecule has 1 aromatic carbocycles. The highest BCUT2D eigenvalue weighted by molar-refractivity contribution is 5.94. The van der Waals surface area contributed by atoms with Gasteiger partial charge in [0.15, 0.2) is 0 Å². The van der Waals surface area contributed by atoms with Crippen molar-refractivity contribution >= 4 is 5.91 Å². The Morgan fingerprint density at radius 2 is 2.08 bits per heavy atom. The topological polar surface area (TPSA) is 38.8 Å². The molecule has 3 aliphatic rings. The minimum atomic E-state index is -0.0180. The van der Waals surface area contributed by atoms with E-state index in [1.807, 2.05) is 35.2 Å². The molecule has 2 heterocycles. The highest BCUT2D eigenvalue weighted by Gasteiger charge is 2.47. The van der Waals surface area contributed by atoms with E-state index in [1.54, 1.807) is 0 Å². The number of fused-ring (bicyclic) bond motifs is 1. The van der Waals surface area contributed by atoms with Crippen LogP contribution in [-0.2, 0) is 9.47 Å². The van der Waals surface area contributed by atoms with Gasteiger partial charge in [0.2, 0.25) is 0 Å². The van der Waals surface area contributed by atoms with E-state index in [0.717, 1.165) is 63.7 Å². The van der Waals surface area contributed by atoms with Gasteiger partial charge in [-0.15, -0.1) is 0 Å². The van der Waals surface area contributed by atoms with Crippen LogP contribution in [0.25, 0.3) is 0 Å². The van der Waals surface area contributed by atoms with Crippen molar-refractivity contribution in [3.05, 3.63) is 35.9 Å². The van der Waals surface area contributed by atoms with Crippen molar-refractivity contribution in [2.24, 2.45) is 11.3 Å². The van der Waals surface area contributed by atoms with Crippen LogP contribution in [0.2, 0.25) is 0 Å². The Balaban J connectivity index is 1.46. The lowest BCUT2D eigenvalue weighted by molar-refractivity contribution is -0.147. The van der Waals surface area contributed by atoms with E-state index in [2.05, 4.69) is 0 Å². The van der Waals surface area contributed by atoms with Gasteiger partial charge in [0.05, 0.1) is 12.7 Å². The van der Waals surface area contributed by atoms with Crippen LogP contribution in [-0.4, -0.2) is 49.8 Å². The Bertz CT molecular complexity index is 572. The molecule has 1 amide bonds. The highest BCUT2D eigenvalue weighted by atomic mass is 16.5. The first-order valence-electron chi connectivity index (χ1n) is 9.30. The number of benzene rings is 1. The molecule has 4 nitrogen and oxygen atoms in total. The summed E-state index contributed by atoms with van der Waals surface area (Å²) in [4.78, 5) is 14.9. The fourth-order valence-electron chi connectivity index (χ4n) is 4.15. The maximum atomic E-state index is 12.9. The molecule has 0 N–H and O–H groups in total. The fourth-order valence-corrected chi connectivity index (χ4v) is 4.15. The molecule has 4 rings (SSSR count). The second kappa shape index (κ2) is 6.85. The van der Waals surface area contributed by atoms with Crippen molar-refractivity contribution in [2.45, 2.75) is 38.2 Å². The zero-order valence-electron chi connectivity index (χ0n) is 14.3. The number of carbonyl (C=O) groups excluding carboxylic acids is 1. The van der Waals surface area contributed by atoms with Crippen molar-refractivity contribution in [3.63, 3.8) is 0 Å². The third kappa shape index (κ3) is 3.35. The largest absolute Gasteiger partial charge is 0.380 e. The van der Waals surface area contributed by atoms with E-state index in [1.165, 1.54) is 12.8 Å².